The molecule has 1 aliphatic carbocycles. The summed E-state index contributed by atoms with van der Waals surface area (Å²) in [5.41, 5.74) is 3.86. The fourth-order valence-electron chi connectivity index (χ4n) is 5.49. The lowest BCUT2D eigenvalue weighted by Gasteiger charge is -2.36. The van der Waals surface area contributed by atoms with E-state index in [9.17, 15) is 29.4 Å². The SMILES string of the molecule is O=C(O)Oc1cc(OC(=O)O)c(C(=O)N(Cc2cccc(-c3ccc(Cl)c(Cl)c3)c2)[C@H]2CCCc3ccccc32)cc1OC(=O)O. The maximum absolute atomic E-state index is 14.5. The van der Waals surface area contributed by atoms with Gasteiger partial charge in [0.15, 0.2) is 17.2 Å². The topological polar surface area (TPSA) is 160 Å². The molecule has 236 valence electrons. The Hall–Kier alpha value is -5.26. The van der Waals surface area contributed by atoms with Crippen LogP contribution < -0.4 is 14.2 Å². The number of fused-ring (bicyclic) bond motifs is 1. The molecule has 0 heterocycles. The highest BCUT2D eigenvalue weighted by molar-refractivity contribution is 6.42. The maximum Gasteiger partial charge on any atom is 0.511 e. The Balaban J connectivity index is 1.63. The number of aryl methyl sites for hydroxylation is 1. The molecule has 5 rings (SSSR count). The summed E-state index contributed by atoms with van der Waals surface area (Å²) in [6.07, 6.45) is -3.33. The van der Waals surface area contributed by atoms with Gasteiger partial charge in [-0.25, -0.2) is 14.4 Å². The number of rotatable bonds is 8. The molecule has 0 aromatic heterocycles. The average molecular weight is 666 g/mol. The van der Waals surface area contributed by atoms with Crippen LogP contribution in [0.25, 0.3) is 11.1 Å². The van der Waals surface area contributed by atoms with Gasteiger partial charge in [0, 0.05) is 18.7 Å². The van der Waals surface area contributed by atoms with Crippen molar-refractivity contribution < 1.29 is 48.7 Å². The zero-order valence-corrected chi connectivity index (χ0v) is 25.3. The smallest absolute Gasteiger partial charge is 0.449 e. The molecule has 0 saturated carbocycles. The van der Waals surface area contributed by atoms with E-state index in [1.54, 1.807) is 12.1 Å². The molecule has 0 unspecified atom stereocenters. The van der Waals surface area contributed by atoms with Crippen LogP contribution in [0, 0.1) is 0 Å². The van der Waals surface area contributed by atoms with E-state index in [1.165, 1.54) is 4.90 Å². The van der Waals surface area contributed by atoms with Gasteiger partial charge in [-0.3, -0.25) is 4.79 Å². The predicted molar refractivity (Wildman–Crippen MR) is 166 cm³/mol. The zero-order valence-electron chi connectivity index (χ0n) is 23.8. The number of halogens is 2. The Morgan fingerprint density at radius 2 is 1.37 bits per heavy atom. The van der Waals surface area contributed by atoms with Crippen molar-refractivity contribution in [1.82, 2.24) is 4.90 Å². The third-order valence-corrected chi connectivity index (χ3v) is 8.11. The first-order chi connectivity index (χ1) is 22.0. The van der Waals surface area contributed by atoms with Gasteiger partial charge in [0.25, 0.3) is 5.91 Å². The summed E-state index contributed by atoms with van der Waals surface area (Å²) in [7, 11) is 0. The second-order valence-corrected chi connectivity index (χ2v) is 11.1. The number of carbonyl (C=O) groups is 4. The van der Waals surface area contributed by atoms with Crippen molar-refractivity contribution >= 4 is 47.6 Å². The molecule has 1 amide bonds. The summed E-state index contributed by atoms with van der Waals surface area (Å²) in [6, 6.07) is 21.5. The molecule has 1 aliphatic rings. The Morgan fingerprint density at radius 1 is 0.717 bits per heavy atom. The minimum Gasteiger partial charge on any atom is -0.449 e. The van der Waals surface area contributed by atoms with Crippen molar-refractivity contribution in [3.8, 4) is 28.4 Å². The normalized spacial score (nSPS) is 13.7. The largest absolute Gasteiger partial charge is 0.511 e. The van der Waals surface area contributed by atoms with E-state index >= 15 is 0 Å². The van der Waals surface area contributed by atoms with Gasteiger partial charge in [0.1, 0.15) is 0 Å². The van der Waals surface area contributed by atoms with Gasteiger partial charge < -0.3 is 34.4 Å². The molecule has 0 radical (unpaired) electrons. The predicted octanol–water partition coefficient (Wildman–Crippen LogP) is 8.55. The van der Waals surface area contributed by atoms with E-state index in [0.717, 1.165) is 47.2 Å². The minimum atomic E-state index is -1.84. The highest BCUT2D eigenvalue weighted by Gasteiger charge is 2.33. The number of nitrogens with zero attached hydrogens (tertiary/aromatic N) is 1. The summed E-state index contributed by atoms with van der Waals surface area (Å²) in [5.74, 6) is -2.65. The second kappa shape index (κ2) is 13.8. The molecule has 0 spiro atoms. The van der Waals surface area contributed by atoms with Crippen LogP contribution in [0.3, 0.4) is 0 Å². The summed E-state index contributed by atoms with van der Waals surface area (Å²) in [5, 5.41) is 28.7. The molecule has 0 bridgehead atoms. The van der Waals surface area contributed by atoms with Crippen LogP contribution in [0.5, 0.6) is 17.2 Å². The molecular weight excluding hydrogens is 641 g/mol. The molecular formula is C33H25Cl2NO10. The van der Waals surface area contributed by atoms with Gasteiger partial charge in [-0.15, -0.1) is 0 Å². The summed E-state index contributed by atoms with van der Waals surface area (Å²) in [4.78, 5) is 50.4. The molecule has 1 atom stereocenters. The number of hydrogen-bond donors (Lipinski definition) is 3. The first-order valence-corrected chi connectivity index (χ1v) is 14.6. The van der Waals surface area contributed by atoms with Crippen molar-refractivity contribution in [2.24, 2.45) is 0 Å². The average Bonchev–Trinajstić information content (AvgIpc) is 3.01. The number of benzene rings is 4. The molecule has 4 aromatic rings. The molecule has 3 N–H and O–H groups in total. The molecule has 0 fully saturated rings. The van der Waals surface area contributed by atoms with Gasteiger partial charge in [-0.05, 0) is 65.3 Å². The number of amides is 1. The number of carbonyl (C=O) groups excluding carboxylic acids is 1. The molecule has 0 aliphatic heterocycles. The van der Waals surface area contributed by atoms with Crippen LogP contribution in [-0.4, -0.2) is 44.6 Å². The molecule has 0 saturated heterocycles. The number of ether oxygens (including phenoxy) is 3. The quantitative estimate of drug-likeness (QED) is 0.123. The Bertz CT molecular complexity index is 1840. The lowest BCUT2D eigenvalue weighted by atomic mass is 9.86. The van der Waals surface area contributed by atoms with Gasteiger partial charge in [-0.2, -0.15) is 0 Å². The van der Waals surface area contributed by atoms with Gasteiger partial charge in [-0.1, -0.05) is 71.7 Å². The lowest BCUT2D eigenvalue weighted by molar-refractivity contribution is 0.0633. The van der Waals surface area contributed by atoms with Crippen molar-refractivity contribution in [3.63, 3.8) is 0 Å². The lowest BCUT2D eigenvalue weighted by Crippen LogP contribution is -2.36. The zero-order chi connectivity index (χ0) is 33.0. The fourth-order valence-corrected chi connectivity index (χ4v) is 5.78. The van der Waals surface area contributed by atoms with Crippen molar-refractivity contribution in [2.75, 3.05) is 0 Å². The number of carboxylic acid groups (broad SMARTS) is 3. The highest BCUT2D eigenvalue weighted by Crippen LogP contribution is 2.41. The van der Waals surface area contributed by atoms with Crippen LogP contribution in [0.4, 0.5) is 14.4 Å². The standard InChI is InChI=1S/C33H25Cl2NO10/c34-24-12-11-21(14-25(24)35)20-8-3-5-18(13-20)17-36(26-10-4-7-19-6-1-2-9-22(19)26)30(37)23-15-28(45-32(40)41)29(46-33(42)43)16-27(23)44-31(38)39/h1-3,5-6,8-9,11-16,26H,4,7,10,17H2,(H,38,39)(H,40,41)(H,42,43)/t26-/m0/s1. The monoisotopic (exact) mass is 665 g/mol. The van der Waals surface area contributed by atoms with Crippen LogP contribution >= 0.6 is 23.2 Å². The Labute approximate surface area is 272 Å². The summed E-state index contributed by atoms with van der Waals surface area (Å²) >= 11 is 12.4. The van der Waals surface area contributed by atoms with Crippen molar-refractivity contribution in [2.45, 2.75) is 31.8 Å². The van der Waals surface area contributed by atoms with E-state index in [2.05, 4.69) is 4.74 Å². The van der Waals surface area contributed by atoms with Gasteiger partial charge in [0.2, 0.25) is 0 Å². The second-order valence-electron chi connectivity index (χ2n) is 10.3. The van der Waals surface area contributed by atoms with E-state index in [1.807, 2.05) is 54.6 Å². The van der Waals surface area contributed by atoms with E-state index in [-0.39, 0.29) is 12.1 Å². The van der Waals surface area contributed by atoms with E-state index < -0.39 is 47.7 Å². The third kappa shape index (κ3) is 7.33. The molecule has 46 heavy (non-hydrogen) atoms. The van der Waals surface area contributed by atoms with Crippen molar-refractivity contribution in [3.05, 3.63) is 111 Å². The Morgan fingerprint density at radius 3 is 2.07 bits per heavy atom. The van der Waals surface area contributed by atoms with E-state index in [4.69, 9.17) is 37.8 Å². The first kappa shape index (κ1) is 32.1. The summed E-state index contributed by atoms with van der Waals surface area (Å²) in [6.45, 7) is 0.0437. The van der Waals surface area contributed by atoms with Crippen LogP contribution in [0.1, 0.15) is 45.9 Å². The highest BCUT2D eigenvalue weighted by atomic mass is 35.5. The number of hydrogen-bond acceptors (Lipinski definition) is 7. The minimum absolute atomic E-state index is 0.0437. The molecule has 4 aromatic carbocycles. The maximum atomic E-state index is 14.5. The first-order valence-electron chi connectivity index (χ1n) is 13.8. The van der Waals surface area contributed by atoms with Crippen LogP contribution in [0.2, 0.25) is 10.0 Å². The molecule has 11 nitrogen and oxygen atoms in total. The third-order valence-electron chi connectivity index (χ3n) is 7.38. The Kier molecular flexibility index (Phi) is 9.64. The van der Waals surface area contributed by atoms with Crippen LogP contribution in [0.15, 0.2) is 78.9 Å². The van der Waals surface area contributed by atoms with Gasteiger partial charge >= 0.3 is 18.5 Å². The van der Waals surface area contributed by atoms with Crippen molar-refractivity contribution in [1.29, 1.82) is 0 Å². The summed E-state index contributed by atoms with van der Waals surface area (Å²) < 4.78 is 14.2. The van der Waals surface area contributed by atoms with E-state index in [0.29, 0.717) is 22.0 Å². The van der Waals surface area contributed by atoms with Crippen LogP contribution in [-0.2, 0) is 13.0 Å². The molecule has 13 heteroatoms. The fraction of sp³-hybridized carbons (Fsp3) is 0.152. The van der Waals surface area contributed by atoms with Gasteiger partial charge in [0.05, 0.1) is 21.7 Å².